The summed E-state index contributed by atoms with van der Waals surface area (Å²) in [7, 11) is 0. The molecule has 2 atom stereocenters. The average molecular weight is 625 g/mol. The van der Waals surface area contributed by atoms with Crippen molar-refractivity contribution in [3.63, 3.8) is 0 Å². The summed E-state index contributed by atoms with van der Waals surface area (Å²) in [6.45, 7) is 11.1. The van der Waals surface area contributed by atoms with Crippen LogP contribution in [0.25, 0.3) is 11.1 Å². The second kappa shape index (κ2) is 12.6. The van der Waals surface area contributed by atoms with Crippen LogP contribution in [0.4, 0.5) is 26.3 Å². The van der Waals surface area contributed by atoms with E-state index in [2.05, 4.69) is 33.1 Å². The van der Waals surface area contributed by atoms with Gasteiger partial charge in [-0.25, -0.2) is 0 Å². The molecule has 4 rings (SSSR count). The Kier molecular flexibility index (Phi) is 9.68. The smallest absolute Gasteiger partial charge is 0.369 e. The first-order valence-corrected chi connectivity index (χ1v) is 14.5. The Bertz CT molecular complexity index is 1370. The van der Waals surface area contributed by atoms with E-state index in [1.807, 2.05) is 39.1 Å². The van der Waals surface area contributed by atoms with Gasteiger partial charge in [0.05, 0.1) is 0 Å². The summed E-state index contributed by atoms with van der Waals surface area (Å²) in [5, 5.41) is 12.7. The van der Waals surface area contributed by atoms with Crippen molar-refractivity contribution in [3.05, 3.63) is 71.4 Å². The molecule has 0 saturated carbocycles. The Morgan fingerprint density at radius 2 is 1.73 bits per heavy atom. The number of hydrogen-bond donors (Lipinski definition) is 2. The van der Waals surface area contributed by atoms with E-state index in [1.54, 1.807) is 12.3 Å². The normalized spacial score (nSPS) is 22.0. The lowest BCUT2D eigenvalue weighted by atomic mass is 9.84. The lowest BCUT2D eigenvalue weighted by Gasteiger charge is -2.44. The van der Waals surface area contributed by atoms with Gasteiger partial charge < -0.3 is 10.4 Å². The summed E-state index contributed by atoms with van der Waals surface area (Å²) in [6.07, 6.45) is -5.31. The number of carbonyl (C=O) groups excluding carboxylic acids is 1. The molecule has 1 fully saturated rings. The first-order valence-electron chi connectivity index (χ1n) is 14.5. The Hall–Kier alpha value is -3.22. The van der Waals surface area contributed by atoms with E-state index >= 15 is 0 Å². The van der Waals surface area contributed by atoms with Crippen molar-refractivity contribution in [2.75, 3.05) is 26.2 Å². The number of nitrogens with zero attached hydrogens (tertiary/aromatic N) is 3. The molecule has 0 radical (unpaired) electrons. The predicted molar refractivity (Wildman–Crippen MR) is 157 cm³/mol. The van der Waals surface area contributed by atoms with E-state index in [0.717, 1.165) is 42.8 Å². The van der Waals surface area contributed by atoms with Crippen molar-refractivity contribution in [2.45, 2.75) is 70.7 Å². The molecule has 0 bridgehead atoms. The van der Waals surface area contributed by atoms with Crippen LogP contribution >= 0.6 is 0 Å². The lowest BCUT2D eigenvalue weighted by Crippen LogP contribution is -2.61. The zero-order valence-electron chi connectivity index (χ0n) is 25.1. The molecular formula is C32H38F6N4O2. The number of aliphatic hydroxyl groups is 1. The SMILES string of the molecule is Cc1cc(CN2CCN(CC3(C)C=CN=CC3)[C@H](C(=O)NC(C)C)C2)ccc1-c1ccc(C(O)(C(F)(F)F)C(F)(F)F)cc1. The molecule has 0 aromatic heterocycles. The summed E-state index contributed by atoms with van der Waals surface area (Å²) in [4.78, 5) is 21.9. The maximum Gasteiger partial charge on any atom is 0.430 e. The van der Waals surface area contributed by atoms with Gasteiger partial charge in [-0.15, -0.1) is 0 Å². The number of hydrogen-bond acceptors (Lipinski definition) is 5. The number of alkyl halides is 6. The molecular weight excluding hydrogens is 586 g/mol. The van der Waals surface area contributed by atoms with E-state index in [1.165, 1.54) is 0 Å². The maximum atomic E-state index is 13.3. The molecule has 1 saturated heterocycles. The van der Waals surface area contributed by atoms with Gasteiger partial charge in [0.1, 0.15) is 6.04 Å². The fourth-order valence-electron chi connectivity index (χ4n) is 5.82. The Balaban J connectivity index is 1.49. The fraction of sp³-hybridized carbons (Fsp3) is 0.500. The maximum absolute atomic E-state index is 13.3. The van der Waals surface area contributed by atoms with Crippen molar-refractivity contribution >= 4 is 12.1 Å². The molecule has 44 heavy (non-hydrogen) atoms. The third-order valence-corrected chi connectivity index (χ3v) is 8.23. The molecule has 6 nitrogen and oxygen atoms in total. The Morgan fingerprint density at radius 1 is 1.07 bits per heavy atom. The number of carbonyl (C=O) groups is 1. The minimum Gasteiger partial charge on any atom is -0.369 e. The molecule has 0 aliphatic carbocycles. The van der Waals surface area contributed by atoms with Gasteiger partial charge in [0, 0.05) is 62.2 Å². The molecule has 12 heteroatoms. The molecule has 2 aromatic rings. The van der Waals surface area contributed by atoms with Gasteiger partial charge in [-0.3, -0.25) is 19.6 Å². The van der Waals surface area contributed by atoms with Crippen LogP contribution in [0.15, 0.2) is 59.7 Å². The zero-order chi connectivity index (χ0) is 32.5. The van der Waals surface area contributed by atoms with Crippen molar-refractivity contribution in [1.82, 2.24) is 15.1 Å². The van der Waals surface area contributed by atoms with Crippen molar-refractivity contribution in [1.29, 1.82) is 0 Å². The van der Waals surface area contributed by atoms with Crippen LogP contribution in [0.2, 0.25) is 0 Å². The molecule has 2 heterocycles. The van der Waals surface area contributed by atoms with E-state index in [4.69, 9.17) is 0 Å². The topological polar surface area (TPSA) is 68.2 Å². The first-order chi connectivity index (χ1) is 20.4. The number of rotatable bonds is 8. The van der Waals surface area contributed by atoms with E-state index in [0.29, 0.717) is 42.9 Å². The minimum atomic E-state index is -5.94. The third-order valence-electron chi connectivity index (χ3n) is 8.23. The highest BCUT2D eigenvalue weighted by Crippen LogP contribution is 2.50. The summed E-state index contributed by atoms with van der Waals surface area (Å²) >= 11 is 0. The van der Waals surface area contributed by atoms with Crippen molar-refractivity contribution < 1.29 is 36.2 Å². The molecule has 240 valence electrons. The van der Waals surface area contributed by atoms with Gasteiger partial charge in [0.15, 0.2) is 0 Å². The van der Waals surface area contributed by atoms with Gasteiger partial charge in [-0.2, -0.15) is 26.3 Å². The standard InChI is InChI=1S/C32H38F6N4O2/c1-21(2)40-28(43)27-19-41(15-16-42(27)20-29(4)11-13-39-14-12-29)18-23-5-10-26(22(3)17-23)24-6-8-25(9-7-24)30(44,31(33,34)35)32(36,37)38/h5-11,13-14,17,21,27,44H,12,15-16,18-20H2,1-4H3,(H,40,43)/t27-,29?/m0/s1. The van der Waals surface area contributed by atoms with Gasteiger partial charge in [0.25, 0.3) is 5.60 Å². The predicted octanol–water partition coefficient (Wildman–Crippen LogP) is 5.98. The molecule has 0 spiro atoms. The fourth-order valence-corrected chi connectivity index (χ4v) is 5.82. The molecule has 2 aromatic carbocycles. The first kappa shape index (κ1) is 33.7. The second-order valence-electron chi connectivity index (χ2n) is 12.3. The number of aryl methyl sites for hydroxylation is 1. The zero-order valence-corrected chi connectivity index (χ0v) is 25.1. The molecule has 1 unspecified atom stereocenters. The third kappa shape index (κ3) is 7.18. The van der Waals surface area contributed by atoms with Crippen molar-refractivity contribution in [3.8, 4) is 11.1 Å². The van der Waals surface area contributed by atoms with Gasteiger partial charge in [0.2, 0.25) is 5.91 Å². The quantitative estimate of drug-likeness (QED) is 0.355. The van der Waals surface area contributed by atoms with Crippen LogP contribution in [0, 0.1) is 12.3 Å². The Labute approximate surface area is 253 Å². The van der Waals surface area contributed by atoms with Crippen molar-refractivity contribution in [2.24, 2.45) is 10.4 Å². The monoisotopic (exact) mass is 624 g/mol. The van der Waals surface area contributed by atoms with Gasteiger partial charge in [-0.1, -0.05) is 55.5 Å². The number of amides is 1. The largest absolute Gasteiger partial charge is 0.430 e. The van der Waals surface area contributed by atoms with Gasteiger partial charge in [-0.05, 0) is 49.4 Å². The van der Waals surface area contributed by atoms with Crippen LogP contribution in [0.3, 0.4) is 0 Å². The molecule has 2 aliphatic heterocycles. The summed E-state index contributed by atoms with van der Waals surface area (Å²) in [5.41, 5.74) is -3.59. The van der Waals surface area contributed by atoms with Crippen LogP contribution in [0.5, 0.6) is 0 Å². The number of halogens is 6. The highest BCUT2D eigenvalue weighted by Gasteiger charge is 2.71. The van der Waals surface area contributed by atoms with Gasteiger partial charge >= 0.3 is 12.4 Å². The van der Waals surface area contributed by atoms with Crippen LogP contribution in [-0.2, 0) is 16.9 Å². The number of aliphatic imine (C=N–C) groups is 1. The Morgan fingerprint density at radius 3 is 2.27 bits per heavy atom. The van der Waals surface area contributed by atoms with E-state index in [9.17, 15) is 36.2 Å². The molecule has 2 N–H and O–H groups in total. The van der Waals surface area contributed by atoms with Crippen LogP contribution < -0.4 is 5.32 Å². The number of nitrogens with one attached hydrogen (secondary N) is 1. The molecule has 2 aliphatic rings. The summed E-state index contributed by atoms with van der Waals surface area (Å²) < 4.78 is 79.6. The highest BCUT2D eigenvalue weighted by molar-refractivity contribution is 5.82. The minimum absolute atomic E-state index is 0.00277. The van der Waals surface area contributed by atoms with Crippen LogP contribution in [0.1, 0.15) is 43.9 Å². The highest BCUT2D eigenvalue weighted by atomic mass is 19.4. The number of piperazine rings is 1. The second-order valence-corrected chi connectivity index (χ2v) is 12.3. The molecule has 1 amide bonds. The average Bonchev–Trinajstić information content (AvgIpc) is 2.92. The van der Waals surface area contributed by atoms with E-state index < -0.39 is 23.5 Å². The summed E-state index contributed by atoms with van der Waals surface area (Å²) in [5.74, 6) is -0.0281. The van der Waals surface area contributed by atoms with Crippen LogP contribution in [-0.4, -0.2) is 77.6 Å². The lowest BCUT2D eigenvalue weighted by molar-refractivity contribution is -0.376. The van der Waals surface area contributed by atoms with E-state index in [-0.39, 0.29) is 23.4 Å². The summed E-state index contributed by atoms with van der Waals surface area (Å²) in [6, 6.07) is 8.81. The number of benzene rings is 2.